The molecule has 1 N–H and O–H groups in total. The Morgan fingerprint density at radius 2 is 2.43 bits per heavy atom. The lowest BCUT2D eigenvalue weighted by Gasteiger charge is -2.22. The van der Waals surface area contributed by atoms with Gasteiger partial charge in [-0.1, -0.05) is 11.8 Å². The molecule has 7 heteroatoms. The van der Waals surface area contributed by atoms with Crippen LogP contribution in [0.15, 0.2) is 20.9 Å². The van der Waals surface area contributed by atoms with Gasteiger partial charge in [-0.3, -0.25) is 4.99 Å². The lowest BCUT2D eigenvalue weighted by molar-refractivity contribution is 0.115. The monoisotopic (exact) mass is 356 g/mol. The van der Waals surface area contributed by atoms with Crippen LogP contribution in [0.5, 0.6) is 0 Å². The van der Waals surface area contributed by atoms with E-state index in [4.69, 9.17) is 9.73 Å². The minimum atomic E-state index is 0.775. The maximum absolute atomic E-state index is 5.71. The summed E-state index contributed by atoms with van der Waals surface area (Å²) in [5.41, 5.74) is 0. The first-order chi connectivity index (χ1) is 11.3. The highest BCUT2D eigenvalue weighted by atomic mass is 32.2. The average molecular weight is 357 g/mol. The van der Waals surface area contributed by atoms with Crippen LogP contribution in [0.3, 0.4) is 0 Å². The van der Waals surface area contributed by atoms with Crippen molar-refractivity contribution in [3.05, 3.63) is 11.6 Å². The fourth-order valence-corrected chi connectivity index (χ4v) is 3.63. The Labute approximate surface area is 147 Å². The Kier molecular flexibility index (Phi) is 8.78. The Hall–Kier alpha value is -0.790. The summed E-state index contributed by atoms with van der Waals surface area (Å²) in [5, 5.41) is 5.37. The molecule has 130 valence electrons. The Morgan fingerprint density at radius 3 is 3.13 bits per heavy atom. The number of rotatable bonds is 11. The smallest absolute Gasteiger partial charge is 0.193 e. The molecule has 1 aliphatic carbocycles. The van der Waals surface area contributed by atoms with E-state index in [2.05, 4.69) is 29.2 Å². The van der Waals surface area contributed by atoms with E-state index in [0.717, 1.165) is 61.2 Å². The molecule has 2 rings (SSSR count). The van der Waals surface area contributed by atoms with Gasteiger partial charge in [0.1, 0.15) is 4.34 Å². The quantitative estimate of drug-likeness (QED) is 0.286. The molecule has 0 unspecified atom stereocenters. The van der Waals surface area contributed by atoms with Gasteiger partial charge in [-0.2, -0.15) is 0 Å². The molecular formula is C16H28N4OS2. The van der Waals surface area contributed by atoms with Crippen LogP contribution in [0, 0.1) is 5.92 Å². The summed E-state index contributed by atoms with van der Waals surface area (Å²) in [6.45, 7) is 6.42. The lowest BCUT2D eigenvalue weighted by atomic mass is 10.5. The van der Waals surface area contributed by atoms with Gasteiger partial charge in [0.05, 0.1) is 6.61 Å². The summed E-state index contributed by atoms with van der Waals surface area (Å²) in [6, 6.07) is 0. The zero-order chi connectivity index (χ0) is 16.3. The molecule has 0 aromatic carbocycles. The van der Waals surface area contributed by atoms with Crippen LogP contribution in [-0.4, -0.2) is 61.5 Å². The van der Waals surface area contributed by atoms with E-state index >= 15 is 0 Å². The summed E-state index contributed by atoms with van der Waals surface area (Å²) in [7, 11) is 2.08. The first-order valence-corrected chi connectivity index (χ1v) is 10.3. The van der Waals surface area contributed by atoms with Gasteiger partial charge in [0.15, 0.2) is 5.96 Å². The summed E-state index contributed by atoms with van der Waals surface area (Å²) in [6.07, 6.45) is 5.61. The molecule has 0 atom stereocenters. The van der Waals surface area contributed by atoms with Crippen molar-refractivity contribution in [1.82, 2.24) is 15.2 Å². The fraction of sp³-hybridized carbons (Fsp3) is 0.750. The van der Waals surface area contributed by atoms with Crippen LogP contribution in [0.2, 0.25) is 0 Å². The third kappa shape index (κ3) is 8.04. The second kappa shape index (κ2) is 10.9. The largest absolute Gasteiger partial charge is 0.379 e. The standard InChI is InChI=1S/C16H28N4OS2/c1-3-17-15(20(2)9-10-21-13-14-5-6-14)18-7-4-11-22-16-19-8-12-23-16/h8,12,14H,3-7,9-11,13H2,1-2H3,(H,17,18). The number of likely N-dealkylation sites (N-methyl/N-ethyl adjacent to an activating group) is 1. The van der Waals surface area contributed by atoms with Crippen molar-refractivity contribution in [3.63, 3.8) is 0 Å². The number of hydrogen-bond donors (Lipinski definition) is 1. The molecule has 1 aromatic rings. The number of aliphatic imine (C=N–C) groups is 1. The molecule has 1 aromatic heterocycles. The molecule has 1 fully saturated rings. The number of thiazole rings is 1. The van der Waals surface area contributed by atoms with Gasteiger partial charge >= 0.3 is 0 Å². The topological polar surface area (TPSA) is 49.8 Å². The van der Waals surface area contributed by atoms with E-state index < -0.39 is 0 Å². The first-order valence-electron chi connectivity index (χ1n) is 8.39. The van der Waals surface area contributed by atoms with Crippen molar-refractivity contribution >= 4 is 29.1 Å². The van der Waals surface area contributed by atoms with Gasteiger partial charge in [-0.05, 0) is 32.1 Å². The van der Waals surface area contributed by atoms with E-state index in [9.17, 15) is 0 Å². The molecule has 5 nitrogen and oxygen atoms in total. The molecule has 0 aliphatic heterocycles. The SMILES string of the molecule is CCNC(=NCCCSc1nccs1)N(C)CCOCC1CC1. The molecule has 1 saturated carbocycles. The second-order valence-corrected chi connectivity index (χ2v) is 7.91. The van der Waals surface area contributed by atoms with E-state index in [0.29, 0.717) is 0 Å². The van der Waals surface area contributed by atoms with Crippen LogP contribution in [0.1, 0.15) is 26.2 Å². The van der Waals surface area contributed by atoms with Gasteiger partial charge < -0.3 is 15.0 Å². The van der Waals surface area contributed by atoms with Gasteiger partial charge in [-0.15, -0.1) is 11.3 Å². The number of guanidine groups is 1. The summed E-state index contributed by atoms with van der Waals surface area (Å²) in [5.74, 6) is 2.87. The van der Waals surface area contributed by atoms with Crippen molar-refractivity contribution in [2.75, 3.05) is 45.6 Å². The molecule has 1 aliphatic rings. The minimum absolute atomic E-state index is 0.775. The third-order valence-electron chi connectivity index (χ3n) is 3.52. The van der Waals surface area contributed by atoms with E-state index in [1.165, 1.54) is 12.8 Å². The van der Waals surface area contributed by atoms with Crippen molar-refractivity contribution in [2.24, 2.45) is 10.9 Å². The summed E-state index contributed by atoms with van der Waals surface area (Å²) >= 11 is 3.51. The Morgan fingerprint density at radius 1 is 1.57 bits per heavy atom. The van der Waals surface area contributed by atoms with Gasteiger partial charge in [0, 0.05) is 50.6 Å². The van der Waals surface area contributed by atoms with Crippen LogP contribution in [-0.2, 0) is 4.74 Å². The van der Waals surface area contributed by atoms with E-state index in [1.54, 1.807) is 11.3 Å². The van der Waals surface area contributed by atoms with E-state index in [1.807, 2.05) is 23.3 Å². The van der Waals surface area contributed by atoms with Crippen molar-refractivity contribution in [1.29, 1.82) is 0 Å². The zero-order valence-corrected chi connectivity index (χ0v) is 15.8. The Bertz CT molecular complexity index is 449. The van der Waals surface area contributed by atoms with E-state index in [-0.39, 0.29) is 0 Å². The van der Waals surface area contributed by atoms with Crippen LogP contribution < -0.4 is 5.32 Å². The number of nitrogens with one attached hydrogen (secondary N) is 1. The minimum Gasteiger partial charge on any atom is -0.379 e. The number of hydrogen-bond acceptors (Lipinski definition) is 5. The first kappa shape index (κ1) is 18.5. The van der Waals surface area contributed by atoms with Crippen molar-refractivity contribution in [3.8, 4) is 0 Å². The maximum atomic E-state index is 5.71. The molecule has 0 saturated heterocycles. The van der Waals surface area contributed by atoms with Gasteiger partial charge in [0.25, 0.3) is 0 Å². The molecular weight excluding hydrogens is 328 g/mol. The normalized spacial score (nSPS) is 15.0. The number of ether oxygens (including phenoxy) is 1. The number of nitrogens with zero attached hydrogens (tertiary/aromatic N) is 3. The zero-order valence-electron chi connectivity index (χ0n) is 14.2. The highest BCUT2D eigenvalue weighted by Gasteiger charge is 2.21. The molecule has 0 radical (unpaired) electrons. The average Bonchev–Trinajstić information content (AvgIpc) is 3.23. The fourth-order valence-electron chi connectivity index (χ4n) is 2.00. The second-order valence-electron chi connectivity index (χ2n) is 5.68. The predicted molar refractivity (Wildman–Crippen MR) is 99.6 cm³/mol. The highest BCUT2D eigenvalue weighted by molar-refractivity contribution is 8.00. The summed E-state index contributed by atoms with van der Waals surface area (Å²) in [4.78, 5) is 11.1. The molecule has 0 spiro atoms. The van der Waals surface area contributed by atoms with Crippen molar-refractivity contribution in [2.45, 2.75) is 30.5 Å². The Balaban J connectivity index is 1.61. The van der Waals surface area contributed by atoms with Crippen molar-refractivity contribution < 1.29 is 4.74 Å². The summed E-state index contributed by atoms with van der Waals surface area (Å²) < 4.78 is 6.85. The van der Waals surface area contributed by atoms with Crippen LogP contribution in [0.4, 0.5) is 0 Å². The lowest BCUT2D eigenvalue weighted by Crippen LogP contribution is -2.40. The third-order valence-corrected chi connectivity index (χ3v) is 5.57. The highest BCUT2D eigenvalue weighted by Crippen LogP contribution is 2.28. The van der Waals surface area contributed by atoms with Crippen LogP contribution in [0.25, 0.3) is 0 Å². The molecule has 0 bridgehead atoms. The molecule has 1 heterocycles. The van der Waals surface area contributed by atoms with Gasteiger partial charge in [0.2, 0.25) is 0 Å². The predicted octanol–water partition coefficient (Wildman–Crippen LogP) is 2.95. The van der Waals surface area contributed by atoms with Crippen LogP contribution >= 0.6 is 23.1 Å². The maximum Gasteiger partial charge on any atom is 0.193 e. The van der Waals surface area contributed by atoms with Gasteiger partial charge in [-0.25, -0.2) is 4.98 Å². The molecule has 0 amide bonds. The number of thioether (sulfide) groups is 1. The number of aromatic nitrogens is 1. The molecule has 23 heavy (non-hydrogen) atoms.